The third-order valence-electron chi connectivity index (χ3n) is 3.75. The minimum atomic E-state index is -3.80. The van der Waals surface area contributed by atoms with Crippen molar-refractivity contribution < 1.29 is 8.42 Å². The molecule has 0 radical (unpaired) electrons. The summed E-state index contributed by atoms with van der Waals surface area (Å²) in [7, 11) is -2.36. The first kappa shape index (κ1) is 15.2. The maximum Gasteiger partial charge on any atom is 0.247 e. The van der Waals surface area contributed by atoms with E-state index in [2.05, 4.69) is 16.0 Å². The van der Waals surface area contributed by atoms with E-state index in [1.54, 1.807) is 0 Å². The molecule has 1 saturated carbocycles. The number of sulfonamides is 1. The van der Waals surface area contributed by atoms with Crippen LogP contribution in [0, 0.1) is 11.3 Å². The maximum atomic E-state index is 12.6. The van der Waals surface area contributed by atoms with E-state index in [9.17, 15) is 13.7 Å². The van der Waals surface area contributed by atoms with Crippen molar-refractivity contribution in [3.8, 4) is 6.07 Å². The Hall–Kier alpha value is -1.23. The number of nitriles is 1. The molecule has 0 saturated heterocycles. The summed E-state index contributed by atoms with van der Waals surface area (Å²) in [4.78, 5) is 7.32. The molecule has 0 atom stereocenters. The monoisotopic (exact) mass is 314 g/mol. The van der Waals surface area contributed by atoms with E-state index in [1.807, 2.05) is 0 Å². The lowest BCUT2D eigenvalue weighted by Gasteiger charge is -2.37. The number of nitrogens with zero attached hydrogens (tertiary/aromatic N) is 4. The topological polar surface area (TPSA) is 87.0 Å². The Labute approximate surface area is 123 Å². The molecule has 0 bridgehead atoms. The fraction of sp³-hybridized carbons (Fsp3) is 0.583. The van der Waals surface area contributed by atoms with E-state index in [4.69, 9.17) is 11.6 Å². The van der Waals surface area contributed by atoms with Crippen LogP contribution in [0.5, 0.6) is 0 Å². The van der Waals surface area contributed by atoms with E-state index in [0.717, 1.165) is 36.0 Å². The third-order valence-corrected chi connectivity index (χ3v) is 5.82. The first-order valence-corrected chi connectivity index (χ1v) is 8.12. The summed E-state index contributed by atoms with van der Waals surface area (Å²) >= 11 is 5.56. The summed E-state index contributed by atoms with van der Waals surface area (Å²) in [5, 5.41) is 9.44. The molecule has 6 nitrogen and oxygen atoms in total. The second-order valence-corrected chi connectivity index (χ2v) is 7.17. The van der Waals surface area contributed by atoms with Gasteiger partial charge in [-0.2, -0.15) is 9.57 Å². The summed E-state index contributed by atoms with van der Waals surface area (Å²) in [5.74, 6) is 0. The Balaban J connectivity index is 2.38. The van der Waals surface area contributed by atoms with Gasteiger partial charge in [0.2, 0.25) is 15.3 Å². The molecule has 1 fully saturated rings. The van der Waals surface area contributed by atoms with Gasteiger partial charge >= 0.3 is 0 Å². The van der Waals surface area contributed by atoms with Crippen molar-refractivity contribution in [2.75, 3.05) is 7.05 Å². The molecule has 0 spiro atoms. The Kier molecular flexibility index (Phi) is 4.28. The highest BCUT2D eigenvalue weighted by molar-refractivity contribution is 7.89. The van der Waals surface area contributed by atoms with Gasteiger partial charge in [0.1, 0.15) is 10.4 Å². The number of hydrogen-bond donors (Lipinski definition) is 0. The highest BCUT2D eigenvalue weighted by Crippen LogP contribution is 2.35. The maximum absolute atomic E-state index is 12.6. The summed E-state index contributed by atoms with van der Waals surface area (Å²) in [5.41, 5.74) is -0.975. The van der Waals surface area contributed by atoms with E-state index in [-0.39, 0.29) is 10.2 Å². The van der Waals surface area contributed by atoms with Gasteiger partial charge in [-0.05, 0) is 24.4 Å². The zero-order valence-electron chi connectivity index (χ0n) is 11.1. The second-order valence-electron chi connectivity index (χ2n) is 4.86. The first-order valence-electron chi connectivity index (χ1n) is 6.30. The molecule has 1 aliphatic rings. The van der Waals surface area contributed by atoms with Crippen molar-refractivity contribution in [2.24, 2.45) is 0 Å². The van der Waals surface area contributed by atoms with Gasteiger partial charge in [-0.3, -0.25) is 0 Å². The highest BCUT2D eigenvalue weighted by Gasteiger charge is 2.43. The van der Waals surface area contributed by atoms with Crippen LogP contribution in [0.15, 0.2) is 17.3 Å². The molecule has 1 aromatic heterocycles. The quantitative estimate of drug-likeness (QED) is 0.796. The Morgan fingerprint density at radius 1 is 1.30 bits per heavy atom. The third kappa shape index (κ3) is 2.64. The highest BCUT2D eigenvalue weighted by atomic mass is 35.5. The first-order chi connectivity index (χ1) is 9.42. The van der Waals surface area contributed by atoms with Gasteiger partial charge in [0.15, 0.2) is 0 Å². The average Bonchev–Trinajstić information content (AvgIpc) is 2.47. The Morgan fingerprint density at radius 2 is 1.85 bits per heavy atom. The molecule has 108 valence electrons. The van der Waals surface area contributed by atoms with Crippen molar-refractivity contribution >= 4 is 21.6 Å². The molecule has 2 rings (SSSR count). The second kappa shape index (κ2) is 5.64. The van der Waals surface area contributed by atoms with Crippen LogP contribution in [-0.4, -0.2) is 35.3 Å². The molecule has 0 aromatic carbocycles. The molecule has 8 heteroatoms. The lowest BCUT2D eigenvalue weighted by molar-refractivity contribution is 0.212. The van der Waals surface area contributed by atoms with E-state index in [0.29, 0.717) is 12.8 Å². The SMILES string of the molecule is CN(C1(C#N)CCCCC1)S(=O)(=O)c1cnc(Cl)nc1. The van der Waals surface area contributed by atoms with Crippen molar-refractivity contribution in [1.29, 1.82) is 5.26 Å². The fourth-order valence-electron chi connectivity index (χ4n) is 2.46. The molecule has 1 aliphatic carbocycles. The average molecular weight is 315 g/mol. The van der Waals surface area contributed by atoms with Gasteiger partial charge in [0.25, 0.3) is 0 Å². The van der Waals surface area contributed by atoms with Gasteiger partial charge in [-0.15, -0.1) is 0 Å². The predicted octanol–water partition coefficient (Wildman–Crippen LogP) is 1.98. The van der Waals surface area contributed by atoms with Crippen LogP contribution in [0.4, 0.5) is 0 Å². The van der Waals surface area contributed by atoms with Crippen molar-refractivity contribution in [3.05, 3.63) is 17.7 Å². The zero-order chi connectivity index (χ0) is 14.8. The van der Waals surface area contributed by atoms with Crippen molar-refractivity contribution in [1.82, 2.24) is 14.3 Å². The molecule has 0 N–H and O–H groups in total. The summed E-state index contributed by atoms with van der Waals surface area (Å²) in [6, 6.07) is 2.18. The van der Waals surface area contributed by atoms with Gasteiger partial charge in [0, 0.05) is 7.05 Å². The lowest BCUT2D eigenvalue weighted by atomic mass is 9.83. The van der Waals surface area contributed by atoms with Crippen LogP contribution in [0.3, 0.4) is 0 Å². The molecule has 1 aromatic rings. The van der Waals surface area contributed by atoms with Crippen molar-refractivity contribution in [2.45, 2.75) is 42.5 Å². The Morgan fingerprint density at radius 3 is 2.35 bits per heavy atom. The number of halogens is 1. The lowest BCUT2D eigenvalue weighted by Crippen LogP contribution is -2.49. The standard InChI is InChI=1S/C12H15ClN4O2S/c1-17(12(9-14)5-3-2-4-6-12)20(18,19)10-7-15-11(13)16-8-10/h7-8H,2-6H2,1H3. The molecular formula is C12H15ClN4O2S. The van der Waals surface area contributed by atoms with Gasteiger partial charge < -0.3 is 0 Å². The largest absolute Gasteiger partial charge is 0.247 e. The van der Waals surface area contributed by atoms with Gasteiger partial charge in [-0.1, -0.05) is 19.3 Å². The number of rotatable bonds is 3. The number of aromatic nitrogens is 2. The van der Waals surface area contributed by atoms with E-state index in [1.165, 1.54) is 7.05 Å². The molecule has 0 aliphatic heterocycles. The van der Waals surface area contributed by atoms with Gasteiger partial charge in [0.05, 0.1) is 18.5 Å². The summed E-state index contributed by atoms with van der Waals surface area (Å²) < 4.78 is 26.3. The van der Waals surface area contributed by atoms with Crippen LogP contribution in [-0.2, 0) is 10.0 Å². The van der Waals surface area contributed by atoms with Crippen molar-refractivity contribution in [3.63, 3.8) is 0 Å². The minimum absolute atomic E-state index is 0.0146. The molecule has 20 heavy (non-hydrogen) atoms. The van der Waals surface area contributed by atoms with Gasteiger partial charge in [-0.25, -0.2) is 18.4 Å². The van der Waals surface area contributed by atoms with Crippen LogP contribution in [0.25, 0.3) is 0 Å². The normalized spacial score (nSPS) is 18.7. The minimum Gasteiger partial charge on any atom is -0.225 e. The number of hydrogen-bond acceptors (Lipinski definition) is 5. The Bertz CT molecular complexity index is 618. The smallest absolute Gasteiger partial charge is 0.225 e. The zero-order valence-corrected chi connectivity index (χ0v) is 12.7. The summed E-state index contributed by atoms with van der Waals surface area (Å²) in [6.45, 7) is 0. The molecule has 0 amide bonds. The van der Waals surface area contributed by atoms with E-state index < -0.39 is 15.6 Å². The van der Waals surface area contributed by atoms with Crippen LogP contribution >= 0.6 is 11.6 Å². The van der Waals surface area contributed by atoms with Crippen LogP contribution in [0.1, 0.15) is 32.1 Å². The van der Waals surface area contributed by atoms with Crippen LogP contribution < -0.4 is 0 Å². The predicted molar refractivity (Wildman–Crippen MR) is 73.4 cm³/mol. The molecule has 0 unspecified atom stereocenters. The molecular weight excluding hydrogens is 300 g/mol. The fourth-order valence-corrected chi connectivity index (χ4v) is 3.92. The summed E-state index contributed by atoms with van der Waals surface area (Å²) in [6.07, 6.45) is 6.15. The van der Waals surface area contributed by atoms with E-state index >= 15 is 0 Å². The molecule has 1 heterocycles. The van der Waals surface area contributed by atoms with Crippen LogP contribution in [0.2, 0.25) is 5.28 Å².